The largest absolute Gasteiger partial charge is 0.508 e. The molecule has 0 aliphatic carbocycles. The average Bonchev–Trinajstić information content (AvgIpc) is 2.90. The summed E-state index contributed by atoms with van der Waals surface area (Å²) in [5, 5.41) is 16.6. The predicted molar refractivity (Wildman–Crippen MR) is 139 cm³/mol. The van der Waals surface area contributed by atoms with Crippen LogP contribution < -0.4 is 15.5 Å². The molecule has 178 valence electrons. The van der Waals surface area contributed by atoms with Crippen LogP contribution in [-0.4, -0.2) is 48.8 Å². The number of anilines is 3. The van der Waals surface area contributed by atoms with Gasteiger partial charge in [0.2, 0.25) is 0 Å². The summed E-state index contributed by atoms with van der Waals surface area (Å²) in [4.78, 5) is 20.1. The molecule has 3 aromatic carbocycles. The van der Waals surface area contributed by atoms with Crippen LogP contribution in [0, 0.1) is 0 Å². The van der Waals surface area contributed by atoms with E-state index in [2.05, 4.69) is 27.7 Å². The number of fused-ring (bicyclic) bond motifs is 1. The number of rotatable bonds is 7. The minimum Gasteiger partial charge on any atom is -0.508 e. The van der Waals surface area contributed by atoms with Crippen LogP contribution in [0.4, 0.5) is 17.2 Å². The second kappa shape index (κ2) is 10.4. The number of nitrogens with zero attached hydrogens (tertiary/aromatic N) is 2. The third-order valence-electron chi connectivity index (χ3n) is 6.11. The maximum Gasteiger partial charge on any atom is 0.252 e. The molecule has 1 aromatic heterocycles. The molecule has 0 spiro atoms. The summed E-state index contributed by atoms with van der Waals surface area (Å²) in [5.41, 5.74) is 4.45. The molecule has 7 nitrogen and oxygen atoms in total. The van der Waals surface area contributed by atoms with Gasteiger partial charge in [-0.15, -0.1) is 0 Å². The molecule has 1 saturated heterocycles. The number of morpholine rings is 1. The van der Waals surface area contributed by atoms with E-state index in [0.717, 1.165) is 48.5 Å². The van der Waals surface area contributed by atoms with Crippen molar-refractivity contribution >= 4 is 34.0 Å². The van der Waals surface area contributed by atoms with Crippen molar-refractivity contribution in [1.29, 1.82) is 0 Å². The normalized spacial score (nSPS) is 13.5. The van der Waals surface area contributed by atoms with Crippen LogP contribution in [0.3, 0.4) is 0 Å². The monoisotopic (exact) mass is 468 g/mol. The number of aromatic nitrogens is 1. The maximum absolute atomic E-state index is 13.1. The molecule has 1 amide bonds. The van der Waals surface area contributed by atoms with E-state index >= 15 is 0 Å². The van der Waals surface area contributed by atoms with E-state index in [1.165, 1.54) is 5.69 Å². The van der Waals surface area contributed by atoms with Crippen molar-refractivity contribution in [3.05, 3.63) is 90.0 Å². The molecule has 0 unspecified atom stereocenters. The highest BCUT2D eigenvalue weighted by atomic mass is 16.5. The minimum atomic E-state index is -0.145. The van der Waals surface area contributed by atoms with Crippen LogP contribution in [0.15, 0.2) is 78.9 Å². The molecule has 35 heavy (non-hydrogen) atoms. The standard InChI is InChI=1S/C28H28N4O3/c33-23-11-5-20(6-12-23)13-14-29-28(34)25-19-27(31-26-4-2-1-3-24(25)26)30-21-7-9-22(10-8-21)32-15-17-35-18-16-32/h1-12,19,33H,13-18H2,(H,29,34)(H,30,31). The van der Waals surface area contributed by atoms with Crippen LogP contribution in [0.1, 0.15) is 15.9 Å². The van der Waals surface area contributed by atoms with Crippen molar-refractivity contribution in [2.24, 2.45) is 0 Å². The molecule has 0 saturated carbocycles. The first-order valence-electron chi connectivity index (χ1n) is 11.8. The van der Waals surface area contributed by atoms with Crippen molar-refractivity contribution in [1.82, 2.24) is 10.3 Å². The maximum atomic E-state index is 13.1. The first-order valence-corrected chi connectivity index (χ1v) is 11.8. The molecule has 5 rings (SSSR count). The predicted octanol–water partition coefficient (Wildman–Crippen LogP) is 4.49. The Kier molecular flexibility index (Phi) is 6.77. The molecule has 4 aromatic rings. The molecular formula is C28H28N4O3. The number of phenolic OH excluding ortho intramolecular Hbond substituents is 1. The highest BCUT2D eigenvalue weighted by Crippen LogP contribution is 2.25. The highest BCUT2D eigenvalue weighted by Gasteiger charge is 2.14. The molecule has 3 N–H and O–H groups in total. The minimum absolute atomic E-state index is 0.145. The number of phenols is 1. The average molecular weight is 469 g/mol. The summed E-state index contributed by atoms with van der Waals surface area (Å²) in [6.07, 6.45) is 0.676. The van der Waals surface area contributed by atoms with Crippen molar-refractivity contribution in [3.8, 4) is 5.75 Å². The molecule has 1 aliphatic heterocycles. The summed E-state index contributed by atoms with van der Waals surface area (Å²) >= 11 is 0. The van der Waals surface area contributed by atoms with Gasteiger partial charge in [-0.05, 0) is 60.5 Å². The number of aromatic hydroxyl groups is 1. The number of pyridine rings is 1. The number of carbonyl (C=O) groups excluding carboxylic acids is 1. The molecule has 7 heteroatoms. The number of amides is 1. The molecule has 0 radical (unpaired) electrons. The van der Waals surface area contributed by atoms with Gasteiger partial charge in [0.1, 0.15) is 11.6 Å². The molecule has 1 fully saturated rings. The zero-order chi connectivity index (χ0) is 24.0. The van der Waals surface area contributed by atoms with Gasteiger partial charge in [0, 0.05) is 36.4 Å². The summed E-state index contributed by atoms with van der Waals surface area (Å²) in [6.45, 7) is 3.78. The fourth-order valence-electron chi connectivity index (χ4n) is 4.23. The van der Waals surface area contributed by atoms with Gasteiger partial charge in [-0.2, -0.15) is 0 Å². The van der Waals surface area contributed by atoms with Crippen molar-refractivity contribution in [2.45, 2.75) is 6.42 Å². The van der Waals surface area contributed by atoms with Crippen LogP contribution in [-0.2, 0) is 11.2 Å². The Bertz CT molecular complexity index is 1300. The van der Waals surface area contributed by atoms with Gasteiger partial charge in [-0.3, -0.25) is 4.79 Å². The Morgan fingerprint density at radius 1 is 0.971 bits per heavy atom. The lowest BCUT2D eigenvalue weighted by atomic mass is 10.1. The van der Waals surface area contributed by atoms with Gasteiger partial charge < -0.3 is 25.4 Å². The fourth-order valence-corrected chi connectivity index (χ4v) is 4.23. The van der Waals surface area contributed by atoms with E-state index in [0.29, 0.717) is 24.3 Å². The topological polar surface area (TPSA) is 86.7 Å². The van der Waals surface area contributed by atoms with Gasteiger partial charge in [0.05, 0.1) is 24.3 Å². The Morgan fingerprint density at radius 2 is 1.71 bits per heavy atom. The van der Waals surface area contributed by atoms with Crippen LogP contribution in [0.5, 0.6) is 5.75 Å². The molecule has 0 bridgehead atoms. The Morgan fingerprint density at radius 3 is 2.49 bits per heavy atom. The zero-order valence-corrected chi connectivity index (χ0v) is 19.4. The summed E-state index contributed by atoms with van der Waals surface area (Å²) in [5.74, 6) is 0.705. The Hall–Kier alpha value is -4.10. The van der Waals surface area contributed by atoms with Crippen molar-refractivity contribution in [2.75, 3.05) is 43.1 Å². The van der Waals surface area contributed by atoms with Gasteiger partial charge >= 0.3 is 0 Å². The van der Waals surface area contributed by atoms with Crippen molar-refractivity contribution < 1.29 is 14.6 Å². The first-order chi connectivity index (χ1) is 17.2. The van der Waals surface area contributed by atoms with Gasteiger partial charge in [-0.25, -0.2) is 4.98 Å². The van der Waals surface area contributed by atoms with Crippen LogP contribution in [0.2, 0.25) is 0 Å². The number of nitrogens with one attached hydrogen (secondary N) is 2. The zero-order valence-electron chi connectivity index (χ0n) is 19.4. The number of hydrogen-bond donors (Lipinski definition) is 3. The lowest BCUT2D eigenvalue weighted by molar-refractivity contribution is 0.0955. The van der Waals surface area contributed by atoms with E-state index < -0.39 is 0 Å². The van der Waals surface area contributed by atoms with E-state index in [1.807, 2.05) is 48.5 Å². The van der Waals surface area contributed by atoms with Gasteiger partial charge in [0.25, 0.3) is 5.91 Å². The quantitative estimate of drug-likeness (QED) is 0.370. The molecular weight excluding hydrogens is 440 g/mol. The van der Waals surface area contributed by atoms with Gasteiger partial charge in [0.15, 0.2) is 0 Å². The molecule has 0 atom stereocenters. The summed E-state index contributed by atoms with van der Waals surface area (Å²) in [6, 6.07) is 24.7. The SMILES string of the molecule is O=C(NCCc1ccc(O)cc1)c1cc(Nc2ccc(N3CCOCC3)cc2)nc2ccccc12. The Labute approximate surface area is 204 Å². The van der Waals surface area contributed by atoms with Crippen LogP contribution in [0.25, 0.3) is 10.9 Å². The third-order valence-corrected chi connectivity index (χ3v) is 6.11. The van der Waals surface area contributed by atoms with E-state index in [9.17, 15) is 9.90 Å². The number of hydrogen-bond acceptors (Lipinski definition) is 6. The summed E-state index contributed by atoms with van der Waals surface area (Å²) < 4.78 is 5.44. The Balaban J connectivity index is 1.31. The second-order valence-corrected chi connectivity index (χ2v) is 8.52. The van der Waals surface area contributed by atoms with E-state index in [4.69, 9.17) is 9.72 Å². The van der Waals surface area contributed by atoms with Crippen LogP contribution >= 0.6 is 0 Å². The van der Waals surface area contributed by atoms with Crippen molar-refractivity contribution in [3.63, 3.8) is 0 Å². The second-order valence-electron chi connectivity index (χ2n) is 8.52. The fraction of sp³-hybridized carbons (Fsp3) is 0.214. The highest BCUT2D eigenvalue weighted by molar-refractivity contribution is 6.07. The first kappa shape index (κ1) is 22.7. The summed E-state index contributed by atoms with van der Waals surface area (Å²) in [7, 11) is 0. The smallest absolute Gasteiger partial charge is 0.252 e. The van der Waals surface area contributed by atoms with E-state index in [-0.39, 0.29) is 11.7 Å². The number of benzene rings is 3. The van der Waals surface area contributed by atoms with E-state index in [1.54, 1.807) is 18.2 Å². The number of para-hydroxylation sites is 1. The molecule has 2 heterocycles. The lowest BCUT2D eigenvalue weighted by Crippen LogP contribution is -2.36. The number of ether oxygens (including phenoxy) is 1. The molecule has 1 aliphatic rings. The number of carbonyl (C=O) groups is 1. The van der Waals surface area contributed by atoms with Gasteiger partial charge in [-0.1, -0.05) is 30.3 Å². The lowest BCUT2D eigenvalue weighted by Gasteiger charge is -2.28. The third kappa shape index (κ3) is 5.53.